The summed E-state index contributed by atoms with van der Waals surface area (Å²) in [5.74, 6) is -0.516. The number of carboxylic acid groups (broad SMARTS) is 1. The molecule has 2 N–H and O–H groups in total. The van der Waals surface area contributed by atoms with Gasteiger partial charge in [-0.25, -0.2) is 14.8 Å². The third kappa shape index (κ3) is 2.20. The molecule has 0 aliphatic carbocycles. The van der Waals surface area contributed by atoms with Crippen LogP contribution >= 0.6 is 0 Å². The van der Waals surface area contributed by atoms with Gasteiger partial charge in [0.2, 0.25) is 0 Å². The van der Waals surface area contributed by atoms with Gasteiger partial charge in [-0.15, -0.1) is 0 Å². The lowest BCUT2D eigenvalue weighted by atomic mass is 10.0. The summed E-state index contributed by atoms with van der Waals surface area (Å²) in [7, 11) is 0. The Labute approximate surface area is 110 Å². The Hall–Kier alpha value is -2.27. The second-order valence-electron chi connectivity index (χ2n) is 4.42. The molecule has 1 aromatic heterocycles. The van der Waals surface area contributed by atoms with Gasteiger partial charge in [0.1, 0.15) is 0 Å². The summed E-state index contributed by atoms with van der Waals surface area (Å²) in [6.45, 7) is 1.36. The van der Waals surface area contributed by atoms with Gasteiger partial charge in [-0.1, -0.05) is 30.3 Å². The molecule has 1 aliphatic rings. The molecule has 19 heavy (non-hydrogen) atoms. The molecule has 2 aromatic rings. The van der Waals surface area contributed by atoms with Crippen molar-refractivity contribution in [3.63, 3.8) is 0 Å². The van der Waals surface area contributed by atoms with Crippen LogP contribution in [0.15, 0.2) is 30.3 Å². The predicted molar refractivity (Wildman–Crippen MR) is 69.8 cm³/mol. The molecule has 1 aromatic carbocycles. The third-order valence-corrected chi connectivity index (χ3v) is 3.17. The number of carboxylic acids is 1. The normalized spacial score (nSPS) is 13.9. The number of fused-ring (bicyclic) bond motifs is 1. The fourth-order valence-corrected chi connectivity index (χ4v) is 2.25. The van der Waals surface area contributed by atoms with E-state index in [0.29, 0.717) is 18.8 Å². The number of hydrogen-bond acceptors (Lipinski definition) is 4. The molecule has 0 radical (unpaired) electrons. The summed E-state index contributed by atoms with van der Waals surface area (Å²) in [5.41, 5.74) is 2.51. The monoisotopic (exact) mass is 255 g/mol. The molecule has 96 valence electrons. The Bertz CT molecular complexity index is 626. The van der Waals surface area contributed by atoms with Crippen LogP contribution in [0.5, 0.6) is 0 Å². The highest BCUT2D eigenvalue weighted by Gasteiger charge is 2.21. The molecule has 0 spiro atoms. The molecule has 0 saturated carbocycles. The van der Waals surface area contributed by atoms with Gasteiger partial charge in [0, 0.05) is 17.7 Å². The minimum atomic E-state index is -0.988. The van der Waals surface area contributed by atoms with E-state index >= 15 is 0 Å². The van der Waals surface area contributed by atoms with Crippen LogP contribution in [-0.4, -0.2) is 27.6 Å². The topological polar surface area (TPSA) is 75.1 Å². The lowest BCUT2D eigenvalue weighted by Gasteiger charge is -2.18. The van der Waals surface area contributed by atoms with Gasteiger partial charge in [-0.05, 0) is 13.0 Å². The van der Waals surface area contributed by atoms with Crippen LogP contribution in [0.3, 0.4) is 0 Å². The van der Waals surface area contributed by atoms with Crippen LogP contribution in [0, 0.1) is 0 Å². The van der Waals surface area contributed by atoms with Gasteiger partial charge >= 0.3 is 5.97 Å². The largest absolute Gasteiger partial charge is 0.476 e. The molecular formula is C14H13N3O2. The van der Waals surface area contributed by atoms with Crippen LogP contribution in [0.1, 0.15) is 21.7 Å². The van der Waals surface area contributed by atoms with Crippen molar-refractivity contribution < 1.29 is 9.90 Å². The number of nitrogens with one attached hydrogen (secondary N) is 1. The van der Waals surface area contributed by atoms with Crippen LogP contribution in [0.25, 0.3) is 11.4 Å². The zero-order chi connectivity index (χ0) is 13.2. The first-order valence-electron chi connectivity index (χ1n) is 6.15. The van der Waals surface area contributed by atoms with E-state index in [0.717, 1.165) is 23.4 Å². The molecule has 0 atom stereocenters. The third-order valence-electron chi connectivity index (χ3n) is 3.17. The van der Waals surface area contributed by atoms with Gasteiger partial charge in [-0.2, -0.15) is 0 Å². The molecule has 0 unspecified atom stereocenters. The summed E-state index contributed by atoms with van der Waals surface area (Å²) in [6.07, 6.45) is 0.659. The van der Waals surface area contributed by atoms with Gasteiger partial charge in [-0.3, -0.25) is 0 Å². The van der Waals surface area contributed by atoms with Gasteiger partial charge in [0.05, 0.1) is 5.69 Å². The Morgan fingerprint density at radius 3 is 2.74 bits per heavy atom. The second-order valence-corrected chi connectivity index (χ2v) is 4.42. The number of aromatic nitrogens is 2. The molecule has 2 heterocycles. The first-order chi connectivity index (χ1) is 9.25. The zero-order valence-corrected chi connectivity index (χ0v) is 10.3. The highest BCUT2D eigenvalue weighted by atomic mass is 16.4. The van der Waals surface area contributed by atoms with Crippen molar-refractivity contribution in [3.05, 3.63) is 47.3 Å². The molecule has 0 saturated heterocycles. The van der Waals surface area contributed by atoms with Gasteiger partial charge < -0.3 is 10.4 Å². The average molecular weight is 255 g/mol. The van der Waals surface area contributed by atoms with E-state index in [-0.39, 0.29) is 5.69 Å². The number of carbonyl (C=O) groups is 1. The summed E-state index contributed by atoms with van der Waals surface area (Å²) in [5, 5.41) is 12.5. The summed E-state index contributed by atoms with van der Waals surface area (Å²) in [4.78, 5) is 20.1. The molecular weight excluding hydrogens is 242 g/mol. The van der Waals surface area contributed by atoms with Crippen LogP contribution in [0.4, 0.5) is 0 Å². The fraction of sp³-hybridized carbons (Fsp3) is 0.214. The van der Waals surface area contributed by atoms with Crippen molar-refractivity contribution in [1.82, 2.24) is 15.3 Å². The van der Waals surface area contributed by atoms with Gasteiger partial charge in [0.15, 0.2) is 11.5 Å². The average Bonchev–Trinajstić information content (AvgIpc) is 2.47. The summed E-state index contributed by atoms with van der Waals surface area (Å²) >= 11 is 0. The summed E-state index contributed by atoms with van der Waals surface area (Å²) in [6, 6.07) is 9.43. The van der Waals surface area contributed by atoms with Crippen molar-refractivity contribution in [1.29, 1.82) is 0 Å². The van der Waals surface area contributed by atoms with Crippen LogP contribution in [0.2, 0.25) is 0 Å². The van der Waals surface area contributed by atoms with Crippen LogP contribution < -0.4 is 5.32 Å². The minimum absolute atomic E-state index is 0.130. The quantitative estimate of drug-likeness (QED) is 0.850. The molecule has 3 rings (SSSR count). The standard InChI is InChI=1S/C14H13N3O2/c18-14(19)12-10-6-7-15-8-11(10)16-13(17-12)9-4-2-1-3-5-9/h1-5,15H,6-8H2,(H,18,19). The maximum atomic E-state index is 11.3. The number of benzene rings is 1. The smallest absolute Gasteiger partial charge is 0.354 e. The predicted octanol–water partition coefficient (Wildman–Crippen LogP) is 1.49. The molecule has 5 heteroatoms. The number of hydrogen-bond donors (Lipinski definition) is 2. The van der Waals surface area contributed by atoms with E-state index in [1.165, 1.54) is 0 Å². The molecule has 0 fully saturated rings. The second kappa shape index (κ2) is 4.78. The van der Waals surface area contributed by atoms with Gasteiger partial charge in [0.25, 0.3) is 0 Å². The number of nitrogens with zero attached hydrogens (tertiary/aromatic N) is 2. The molecule has 0 bridgehead atoms. The molecule has 0 amide bonds. The van der Waals surface area contributed by atoms with E-state index in [1.807, 2.05) is 30.3 Å². The maximum absolute atomic E-state index is 11.3. The van der Waals surface area contributed by atoms with E-state index in [1.54, 1.807) is 0 Å². The Morgan fingerprint density at radius 1 is 1.21 bits per heavy atom. The van der Waals surface area contributed by atoms with Crippen molar-refractivity contribution >= 4 is 5.97 Å². The van der Waals surface area contributed by atoms with Crippen LogP contribution in [-0.2, 0) is 13.0 Å². The minimum Gasteiger partial charge on any atom is -0.476 e. The number of rotatable bonds is 2. The Balaban J connectivity index is 2.17. The van der Waals surface area contributed by atoms with E-state index < -0.39 is 5.97 Å². The zero-order valence-electron chi connectivity index (χ0n) is 10.3. The number of aromatic carboxylic acids is 1. The Morgan fingerprint density at radius 2 is 2.00 bits per heavy atom. The first kappa shape index (κ1) is 11.8. The van der Waals surface area contributed by atoms with E-state index in [9.17, 15) is 9.90 Å². The van der Waals surface area contributed by atoms with Crippen molar-refractivity contribution in [3.8, 4) is 11.4 Å². The highest BCUT2D eigenvalue weighted by Crippen LogP contribution is 2.21. The van der Waals surface area contributed by atoms with Crippen molar-refractivity contribution in [2.24, 2.45) is 0 Å². The van der Waals surface area contributed by atoms with Crippen molar-refractivity contribution in [2.75, 3.05) is 6.54 Å². The lowest BCUT2D eigenvalue weighted by molar-refractivity contribution is 0.0688. The van der Waals surface area contributed by atoms with Crippen molar-refractivity contribution in [2.45, 2.75) is 13.0 Å². The van der Waals surface area contributed by atoms with E-state index in [2.05, 4.69) is 15.3 Å². The maximum Gasteiger partial charge on any atom is 0.354 e. The first-order valence-corrected chi connectivity index (χ1v) is 6.15. The highest BCUT2D eigenvalue weighted by molar-refractivity contribution is 5.88. The summed E-state index contributed by atoms with van der Waals surface area (Å²) < 4.78 is 0. The fourth-order valence-electron chi connectivity index (χ4n) is 2.25. The Kier molecular flexibility index (Phi) is 2.97. The molecule has 5 nitrogen and oxygen atoms in total. The molecule has 1 aliphatic heterocycles. The SMILES string of the molecule is O=C(O)c1nc(-c2ccccc2)nc2c1CCNC2. The lowest BCUT2D eigenvalue weighted by Crippen LogP contribution is -2.27. The van der Waals surface area contributed by atoms with E-state index in [4.69, 9.17) is 0 Å².